The maximum absolute atomic E-state index is 14.0. The van der Waals surface area contributed by atoms with Gasteiger partial charge in [-0.15, -0.1) is 11.8 Å². The van der Waals surface area contributed by atoms with Crippen LogP contribution < -0.4 is 24.6 Å². The summed E-state index contributed by atoms with van der Waals surface area (Å²) in [4.78, 5) is 58.6. The van der Waals surface area contributed by atoms with Crippen LogP contribution in [0.2, 0.25) is 0 Å². The van der Waals surface area contributed by atoms with Crippen LogP contribution in [0.1, 0.15) is 22.8 Å². The predicted octanol–water partition coefficient (Wildman–Crippen LogP) is 6.29. The SMILES string of the molecule is COc1cc([C@@H]2c3sc(=O)[nH]c3S[C@@H]3[C@@H]4C[C@@H]([C@@H]5C(=O)N(c6ccccc6)C(=O)[C@@H]45)[C@H]23)ccc1OCC(=O)Nc1ccc2ccccc2c1. The van der Waals surface area contributed by atoms with Gasteiger partial charge in [-0.25, -0.2) is 0 Å². The van der Waals surface area contributed by atoms with Gasteiger partial charge in [-0.05, 0) is 76.9 Å². The van der Waals surface area contributed by atoms with E-state index in [1.54, 1.807) is 24.9 Å². The van der Waals surface area contributed by atoms with Gasteiger partial charge in [0.25, 0.3) is 5.91 Å². The van der Waals surface area contributed by atoms with Crippen molar-refractivity contribution >= 4 is 63.0 Å². The molecule has 7 atom stereocenters. The second-order valence-corrected chi connectivity index (χ2v) is 15.3. The molecule has 0 radical (unpaired) electrons. The first-order valence-corrected chi connectivity index (χ1v) is 18.0. The summed E-state index contributed by atoms with van der Waals surface area (Å²) < 4.78 is 11.7. The second kappa shape index (κ2) is 11.6. The van der Waals surface area contributed by atoms with Crippen molar-refractivity contribution in [3.63, 3.8) is 0 Å². The standard InChI is InChI=1S/C38H31N3O6S2/c1-46-27-16-21(12-14-26(27)47-18-28(42)39-22-13-11-19-7-5-6-8-20(19)15-22)29-30-24-17-25(33(30)48-35-34(29)49-38(45)40-35)32-31(24)36(43)41(37(32)44)23-9-3-2-4-10-23/h2-16,24-25,29-33H,17-18H2,1H3,(H,39,42)(H,40,45)/t24-,25-,29+,30-,31+,32+,33-/m1/s1. The molecule has 4 aromatic carbocycles. The number of amides is 3. The molecule has 1 saturated heterocycles. The van der Waals surface area contributed by atoms with E-state index in [4.69, 9.17) is 9.47 Å². The van der Waals surface area contributed by atoms with Crippen LogP contribution in [0.5, 0.6) is 11.5 Å². The summed E-state index contributed by atoms with van der Waals surface area (Å²) in [6.07, 6.45) is 0.804. The number of methoxy groups -OCH3 is 1. The number of imide groups is 1. The molecule has 4 aliphatic rings. The van der Waals surface area contributed by atoms with Gasteiger partial charge in [0, 0.05) is 21.7 Å². The van der Waals surface area contributed by atoms with Crippen molar-refractivity contribution < 1.29 is 23.9 Å². The Kier molecular flexibility index (Phi) is 7.17. The zero-order valence-electron chi connectivity index (χ0n) is 26.3. The fraction of sp³-hybridized carbons (Fsp3) is 0.263. The van der Waals surface area contributed by atoms with E-state index in [2.05, 4.69) is 10.3 Å². The van der Waals surface area contributed by atoms with E-state index in [-0.39, 0.29) is 70.0 Å². The van der Waals surface area contributed by atoms with Crippen molar-refractivity contribution in [1.82, 2.24) is 4.98 Å². The average molecular weight is 690 g/mol. The molecule has 11 heteroatoms. The van der Waals surface area contributed by atoms with Crippen molar-refractivity contribution in [2.75, 3.05) is 23.9 Å². The number of thiazole rings is 1. The lowest BCUT2D eigenvalue weighted by Gasteiger charge is -2.43. The van der Waals surface area contributed by atoms with Crippen LogP contribution in [0.25, 0.3) is 10.8 Å². The van der Waals surface area contributed by atoms with Gasteiger partial charge in [0.05, 0.1) is 29.7 Å². The first kappa shape index (κ1) is 30.2. The topological polar surface area (TPSA) is 118 Å². The Morgan fingerprint density at radius 3 is 2.43 bits per heavy atom. The number of hydrogen-bond donors (Lipinski definition) is 2. The van der Waals surface area contributed by atoms with Crippen LogP contribution >= 0.6 is 23.1 Å². The first-order chi connectivity index (χ1) is 23.9. The number of anilines is 2. The van der Waals surface area contributed by atoms with Crippen molar-refractivity contribution in [3.05, 3.63) is 111 Å². The van der Waals surface area contributed by atoms with Crippen molar-refractivity contribution in [2.24, 2.45) is 29.6 Å². The summed E-state index contributed by atoms with van der Waals surface area (Å²) >= 11 is 2.86. The fourth-order valence-corrected chi connectivity index (χ4v) is 11.7. The molecular formula is C38H31N3O6S2. The third kappa shape index (κ3) is 4.81. The van der Waals surface area contributed by atoms with Crippen LogP contribution in [-0.4, -0.2) is 41.7 Å². The Bertz CT molecular complexity index is 2220. The number of nitrogens with one attached hydrogen (secondary N) is 2. The molecule has 0 spiro atoms. The molecule has 2 saturated carbocycles. The van der Waals surface area contributed by atoms with Crippen LogP contribution in [0.3, 0.4) is 0 Å². The Labute approximate surface area is 289 Å². The fourth-order valence-electron chi connectivity index (χ4n) is 8.83. The van der Waals surface area contributed by atoms with E-state index in [9.17, 15) is 19.2 Å². The van der Waals surface area contributed by atoms with Gasteiger partial charge in [0.15, 0.2) is 18.1 Å². The third-order valence-electron chi connectivity index (χ3n) is 10.7. The number of aromatic nitrogens is 1. The van der Waals surface area contributed by atoms with Gasteiger partial charge >= 0.3 is 4.87 Å². The van der Waals surface area contributed by atoms with Gasteiger partial charge in [-0.1, -0.05) is 65.9 Å². The molecular weight excluding hydrogens is 659 g/mol. The number of H-pyrrole nitrogens is 1. The quantitative estimate of drug-likeness (QED) is 0.193. The van der Waals surface area contributed by atoms with Crippen molar-refractivity contribution in [2.45, 2.75) is 22.6 Å². The lowest BCUT2D eigenvalue weighted by Crippen LogP contribution is -2.42. The van der Waals surface area contributed by atoms with E-state index in [1.165, 1.54) is 16.2 Å². The number of para-hydroxylation sites is 1. The minimum absolute atomic E-state index is 0.00580. The molecule has 3 amide bonds. The molecule has 5 aromatic rings. The molecule has 2 N–H and O–H groups in total. The number of benzene rings is 4. The molecule has 49 heavy (non-hydrogen) atoms. The molecule has 3 heterocycles. The summed E-state index contributed by atoms with van der Waals surface area (Å²) in [6.45, 7) is -0.211. The Morgan fingerprint density at radius 2 is 1.63 bits per heavy atom. The Balaban J connectivity index is 0.992. The molecule has 2 bridgehead atoms. The normalized spacial score (nSPS) is 26.4. The van der Waals surface area contributed by atoms with Gasteiger partial charge < -0.3 is 19.8 Å². The van der Waals surface area contributed by atoms with Gasteiger partial charge in [0.1, 0.15) is 0 Å². The summed E-state index contributed by atoms with van der Waals surface area (Å²) in [5.74, 6) is -0.476. The minimum atomic E-state index is -0.384. The highest BCUT2D eigenvalue weighted by molar-refractivity contribution is 8.00. The van der Waals surface area contributed by atoms with Gasteiger partial charge in [-0.3, -0.25) is 24.1 Å². The number of carbonyl (C=O) groups excluding carboxylic acids is 3. The van der Waals surface area contributed by atoms with Crippen LogP contribution in [0, 0.1) is 29.6 Å². The molecule has 2 aliphatic carbocycles. The predicted molar refractivity (Wildman–Crippen MR) is 188 cm³/mol. The van der Waals surface area contributed by atoms with Crippen molar-refractivity contribution in [1.29, 1.82) is 0 Å². The molecule has 246 valence electrons. The number of ether oxygens (including phenoxy) is 2. The van der Waals surface area contributed by atoms with E-state index in [0.717, 1.165) is 32.7 Å². The van der Waals surface area contributed by atoms with E-state index in [0.29, 0.717) is 22.9 Å². The smallest absolute Gasteiger partial charge is 0.305 e. The maximum Gasteiger partial charge on any atom is 0.305 e. The molecule has 9 nitrogen and oxygen atoms in total. The summed E-state index contributed by atoms with van der Waals surface area (Å²) in [7, 11) is 1.56. The highest BCUT2D eigenvalue weighted by atomic mass is 32.2. The highest BCUT2D eigenvalue weighted by Gasteiger charge is 2.69. The zero-order valence-corrected chi connectivity index (χ0v) is 28.0. The highest BCUT2D eigenvalue weighted by Crippen LogP contribution is 2.68. The molecule has 3 fully saturated rings. The first-order valence-electron chi connectivity index (χ1n) is 16.3. The average Bonchev–Trinajstić information content (AvgIpc) is 3.86. The van der Waals surface area contributed by atoms with E-state index >= 15 is 0 Å². The Morgan fingerprint density at radius 1 is 0.878 bits per heavy atom. The number of carbonyl (C=O) groups is 3. The maximum atomic E-state index is 14.0. The Hall–Kier alpha value is -4.87. The summed E-state index contributed by atoms with van der Waals surface area (Å²) in [5, 5.41) is 5.93. The van der Waals surface area contributed by atoms with Crippen molar-refractivity contribution in [3.8, 4) is 11.5 Å². The lowest BCUT2D eigenvalue weighted by molar-refractivity contribution is -0.123. The number of thioether (sulfide) groups is 1. The number of fused-ring (bicyclic) bond motifs is 10. The van der Waals surface area contributed by atoms with Gasteiger partial charge in [-0.2, -0.15) is 0 Å². The number of nitrogens with zero attached hydrogens (tertiary/aromatic N) is 1. The number of aromatic amines is 1. The van der Waals surface area contributed by atoms with E-state index < -0.39 is 0 Å². The van der Waals surface area contributed by atoms with Crippen LogP contribution in [0.15, 0.2) is 101 Å². The minimum Gasteiger partial charge on any atom is -0.493 e. The zero-order chi connectivity index (χ0) is 33.4. The lowest BCUT2D eigenvalue weighted by atomic mass is 9.68. The molecule has 1 aromatic heterocycles. The second-order valence-electron chi connectivity index (χ2n) is 13.1. The van der Waals surface area contributed by atoms with Crippen LogP contribution in [0.4, 0.5) is 11.4 Å². The largest absolute Gasteiger partial charge is 0.493 e. The summed E-state index contributed by atoms with van der Waals surface area (Å²) in [5.41, 5.74) is 2.24. The summed E-state index contributed by atoms with van der Waals surface area (Å²) in [6, 6.07) is 28.6. The number of hydrogen-bond acceptors (Lipinski definition) is 8. The monoisotopic (exact) mass is 689 g/mol. The number of rotatable bonds is 7. The van der Waals surface area contributed by atoms with Crippen LogP contribution in [-0.2, 0) is 14.4 Å². The third-order valence-corrected chi connectivity index (χ3v) is 13.3. The molecule has 2 aliphatic heterocycles. The molecule has 9 rings (SSSR count). The molecule has 0 unspecified atom stereocenters. The van der Waals surface area contributed by atoms with Gasteiger partial charge in [0.2, 0.25) is 11.8 Å². The van der Waals surface area contributed by atoms with E-state index in [1.807, 2.05) is 84.9 Å².